The van der Waals surface area contributed by atoms with Crippen LogP contribution in [0.2, 0.25) is 0 Å². The smallest absolute Gasteiger partial charge is 0.245 e. The van der Waals surface area contributed by atoms with Gasteiger partial charge in [-0.2, -0.15) is 0 Å². The highest BCUT2D eigenvalue weighted by Gasteiger charge is 2.43. The summed E-state index contributed by atoms with van der Waals surface area (Å²) in [4.78, 5) is 14.8. The summed E-state index contributed by atoms with van der Waals surface area (Å²) in [5.41, 5.74) is 1.06. The van der Waals surface area contributed by atoms with Gasteiger partial charge in [0.2, 0.25) is 5.91 Å². The number of carbonyl (C=O) groups is 1. The molecule has 0 radical (unpaired) electrons. The van der Waals surface area contributed by atoms with Gasteiger partial charge in [-0.05, 0) is 24.3 Å². The zero-order valence-electron chi connectivity index (χ0n) is 12.6. The van der Waals surface area contributed by atoms with Gasteiger partial charge in [0.1, 0.15) is 6.04 Å². The highest BCUT2D eigenvalue weighted by molar-refractivity contribution is 5.85. The summed E-state index contributed by atoms with van der Waals surface area (Å²) >= 11 is 0. The van der Waals surface area contributed by atoms with Gasteiger partial charge in [0, 0.05) is 13.7 Å². The van der Waals surface area contributed by atoms with Crippen molar-refractivity contribution in [2.45, 2.75) is 37.9 Å². The van der Waals surface area contributed by atoms with Gasteiger partial charge in [-0.1, -0.05) is 43.2 Å². The van der Waals surface area contributed by atoms with E-state index in [9.17, 15) is 4.79 Å². The molecule has 1 saturated carbocycles. The Kier molecular flexibility index (Phi) is 4.56. The first-order valence-electron chi connectivity index (χ1n) is 7.91. The maximum atomic E-state index is 12.8. The lowest BCUT2D eigenvalue weighted by molar-refractivity contribution is -0.131. The van der Waals surface area contributed by atoms with E-state index in [1.54, 1.807) is 7.11 Å². The van der Waals surface area contributed by atoms with Crippen LogP contribution in [0.3, 0.4) is 0 Å². The van der Waals surface area contributed by atoms with Crippen molar-refractivity contribution in [3.05, 3.63) is 35.9 Å². The van der Waals surface area contributed by atoms with E-state index in [0.717, 1.165) is 5.56 Å². The van der Waals surface area contributed by atoms with Gasteiger partial charge < -0.3 is 9.64 Å². The Morgan fingerprint density at radius 1 is 1.24 bits per heavy atom. The van der Waals surface area contributed by atoms with Gasteiger partial charge in [-0.25, -0.2) is 0 Å². The molecule has 4 nitrogen and oxygen atoms in total. The molecule has 3 rings (SSSR count). The van der Waals surface area contributed by atoms with E-state index in [2.05, 4.69) is 5.32 Å². The van der Waals surface area contributed by atoms with E-state index in [1.807, 2.05) is 35.2 Å². The van der Waals surface area contributed by atoms with Crippen LogP contribution in [0.4, 0.5) is 0 Å². The summed E-state index contributed by atoms with van der Waals surface area (Å²) in [6, 6.07) is 9.83. The number of rotatable bonds is 5. The van der Waals surface area contributed by atoms with Gasteiger partial charge in [0.15, 0.2) is 0 Å². The first-order valence-corrected chi connectivity index (χ1v) is 7.91. The molecule has 1 N–H and O–H groups in total. The highest BCUT2D eigenvalue weighted by Crippen LogP contribution is 2.35. The van der Waals surface area contributed by atoms with Crippen molar-refractivity contribution in [2.75, 3.05) is 20.3 Å². The second-order valence-electron chi connectivity index (χ2n) is 6.02. The van der Waals surface area contributed by atoms with Crippen molar-refractivity contribution in [1.29, 1.82) is 0 Å². The summed E-state index contributed by atoms with van der Waals surface area (Å²) in [5, 5.41) is 3.58. The maximum Gasteiger partial charge on any atom is 0.245 e. The van der Waals surface area contributed by atoms with Crippen molar-refractivity contribution < 1.29 is 9.53 Å². The van der Waals surface area contributed by atoms with Crippen LogP contribution in [0.1, 0.15) is 37.3 Å². The summed E-state index contributed by atoms with van der Waals surface area (Å²) in [6.07, 6.45) is 5.17. The fourth-order valence-electron chi connectivity index (χ4n) is 3.62. The number of ether oxygens (including phenoxy) is 1. The van der Waals surface area contributed by atoms with Crippen LogP contribution in [-0.2, 0) is 9.53 Å². The Morgan fingerprint density at radius 2 is 1.95 bits per heavy atom. The average molecular weight is 288 g/mol. The van der Waals surface area contributed by atoms with E-state index < -0.39 is 0 Å². The summed E-state index contributed by atoms with van der Waals surface area (Å²) in [7, 11) is 1.69. The van der Waals surface area contributed by atoms with Gasteiger partial charge >= 0.3 is 0 Å². The van der Waals surface area contributed by atoms with Crippen LogP contribution in [0, 0.1) is 5.92 Å². The molecule has 1 amide bonds. The molecule has 2 atom stereocenters. The number of hydrogen-bond acceptors (Lipinski definition) is 3. The number of hydrogen-bond donors (Lipinski definition) is 1. The molecule has 1 aromatic carbocycles. The number of nitrogens with one attached hydrogen (secondary N) is 1. The summed E-state index contributed by atoms with van der Waals surface area (Å²) in [6.45, 7) is 1.27. The van der Waals surface area contributed by atoms with E-state index >= 15 is 0 Å². The van der Waals surface area contributed by atoms with Gasteiger partial charge in [-0.3, -0.25) is 10.1 Å². The molecule has 4 heteroatoms. The number of benzene rings is 1. The van der Waals surface area contributed by atoms with Crippen molar-refractivity contribution in [1.82, 2.24) is 10.2 Å². The Morgan fingerprint density at radius 3 is 2.62 bits per heavy atom. The van der Waals surface area contributed by atoms with Crippen molar-refractivity contribution in [3.63, 3.8) is 0 Å². The predicted octanol–water partition coefficient (Wildman–Crippen LogP) is 2.32. The quantitative estimate of drug-likeness (QED) is 0.904. The van der Waals surface area contributed by atoms with Crippen LogP contribution in [-0.4, -0.2) is 37.2 Å². The minimum absolute atomic E-state index is 0.167. The minimum atomic E-state index is -0.200. The van der Waals surface area contributed by atoms with E-state index in [4.69, 9.17) is 4.74 Å². The van der Waals surface area contributed by atoms with Crippen molar-refractivity contribution in [2.24, 2.45) is 5.92 Å². The lowest BCUT2D eigenvalue weighted by Gasteiger charge is -2.28. The fourth-order valence-corrected chi connectivity index (χ4v) is 3.62. The van der Waals surface area contributed by atoms with Crippen LogP contribution >= 0.6 is 0 Å². The monoisotopic (exact) mass is 288 g/mol. The summed E-state index contributed by atoms with van der Waals surface area (Å²) < 4.78 is 5.18. The molecule has 1 aromatic rings. The topological polar surface area (TPSA) is 41.6 Å². The number of nitrogens with zero attached hydrogens (tertiary/aromatic N) is 1. The highest BCUT2D eigenvalue weighted by atomic mass is 16.5. The van der Waals surface area contributed by atoms with Crippen molar-refractivity contribution in [3.8, 4) is 0 Å². The summed E-state index contributed by atoms with van der Waals surface area (Å²) in [5.74, 6) is 0.773. The second-order valence-corrected chi connectivity index (χ2v) is 6.02. The molecule has 2 fully saturated rings. The Bertz CT molecular complexity index is 471. The number of methoxy groups -OCH3 is 1. The largest absolute Gasteiger partial charge is 0.383 e. The Balaban J connectivity index is 1.80. The molecule has 0 aromatic heterocycles. The third kappa shape index (κ3) is 2.97. The lowest BCUT2D eigenvalue weighted by atomic mass is 10.0. The molecule has 2 unspecified atom stereocenters. The molecule has 0 bridgehead atoms. The molecule has 21 heavy (non-hydrogen) atoms. The lowest BCUT2D eigenvalue weighted by Crippen LogP contribution is -2.43. The zero-order chi connectivity index (χ0) is 14.7. The average Bonchev–Trinajstić information content (AvgIpc) is 3.14. The molecule has 1 saturated heterocycles. The SMILES string of the molecule is COCCN1C(=O)C(c2ccccc2)NC1C1CCCC1. The van der Waals surface area contributed by atoms with E-state index in [0.29, 0.717) is 19.1 Å². The number of carbonyl (C=O) groups excluding carboxylic acids is 1. The van der Waals surface area contributed by atoms with Gasteiger partial charge in [0.05, 0.1) is 12.8 Å². The Hall–Kier alpha value is -1.39. The first kappa shape index (κ1) is 14.5. The molecule has 114 valence electrons. The molecule has 1 aliphatic carbocycles. The normalized spacial score (nSPS) is 26.7. The molecule has 2 aliphatic rings. The number of amides is 1. The molecule has 1 aliphatic heterocycles. The van der Waals surface area contributed by atoms with E-state index in [-0.39, 0.29) is 18.1 Å². The molecular formula is C17H24N2O2. The predicted molar refractivity (Wildman–Crippen MR) is 81.7 cm³/mol. The molecular weight excluding hydrogens is 264 g/mol. The third-order valence-corrected chi connectivity index (χ3v) is 4.72. The van der Waals surface area contributed by atoms with Crippen LogP contribution < -0.4 is 5.32 Å². The van der Waals surface area contributed by atoms with Crippen LogP contribution in [0.25, 0.3) is 0 Å². The Labute approximate surface area is 126 Å². The third-order valence-electron chi connectivity index (χ3n) is 4.72. The van der Waals surface area contributed by atoms with Crippen LogP contribution in [0.5, 0.6) is 0 Å². The van der Waals surface area contributed by atoms with Gasteiger partial charge in [0.25, 0.3) is 0 Å². The first-order chi connectivity index (χ1) is 10.3. The second kappa shape index (κ2) is 6.58. The van der Waals surface area contributed by atoms with E-state index in [1.165, 1.54) is 25.7 Å². The fraction of sp³-hybridized carbons (Fsp3) is 0.588. The standard InChI is InChI=1S/C17H24N2O2/c1-21-12-11-19-16(14-9-5-6-10-14)18-15(17(19)20)13-7-3-2-4-8-13/h2-4,7-8,14-16,18H,5-6,9-12H2,1H3. The maximum absolute atomic E-state index is 12.8. The minimum Gasteiger partial charge on any atom is -0.383 e. The molecule has 0 spiro atoms. The van der Waals surface area contributed by atoms with Crippen molar-refractivity contribution >= 4 is 5.91 Å². The molecule has 1 heterocycles. The van der Waals surface area contributed by atoms with Gasteiger partial charge in [-0.15, -0.1) is 0 Å². The zero-order valence-corrected chi connectivity index (χ0v) is 12.6. The van der Waals surface area contributed by atoms with Crippen LogP contribution in [0.15, 0.2) is 30.3 Å².